The molecule has 1 N–H and O–H groups in total. The molecule has 1 saturated carbocycles. The molecule has 1 aliphatic rings. The van der Waals surface area contributed by atoms with Crippen LogP contribution >= 0.6 is 0 Å². The van der Waals surface area contributed by atoms with Crippen molar-refractivity contribution in [3.8, 4) is 5.75 Å². The van der Waals surface area contributed by atoms with Gasteiger partial charge in [-0.15, -0.1) is 0 Å². The van der Waals surface area contributed by atoms with Crippen molar-refractivity contribution in [2.75, 3.05) is 6.61 Å². The first-order valence-electron chi connectivity index (χ1n) is 8.34. The Kier molecular flexibility index (Phi) is 6.94. The Bertz CT molecular complexity index is 484. The Morgan fingerprint density at radius 1 is 1.09 bits per heavy atom. The number of hydrazone groups is 1. The maximum atomic E-state index is 11.8. The van der Waals surface area contributed by atoms with Gasteiger partial charge in [0.25, 0.3) is 5.91 Å². The summed E-state index contributed by atoms with van der Waals surface area (Å²) in [5.41, 5.74) is 4.99. The first-order valence-corrected chi connectivity index (χ1v) is 8.34. The SMILES string of the molecule is CCc1ccc(OCC(=O)NN=C2CCCCCCC2)cc1. The minimum absolute atomic E-state index is 0.00223. The molecule has 22 heavy (non-hydrogen) atoms. The van der Waals surface area contributed by atoms with E-state index in [1.54, 1.807) is 0 Å². The maximum Gasteiger partial charge on any atom is 0.277 e. The highest BCUT2D eigenvalue weighted by molar-refractivity contribution is 5.86. The standard InChI is InChI=1S/C18H26N2O2/c1-2-15-10-12-17(13-11-15)22-14-18(21)20-19-16-8-6-4-3-5-7-9-16/h10-13H,2-9,14H2,1H3,(H,20,21). The molecule has 0 atom stereocenters. The van der Waals surface area contributed by atoms with E-state index < -0.39 is 0 Å². The van der Waals surface area contributed by atoms with Gasteiger partial charge < -0.3 is 4.74 Å². The van der Waals surface area contributed by atoms with Gasteiger partial charge in [0, 0.05) is 5.71 Å². The molecule has 0 spiro atoms. The summed E-state index contributed by atoms with van der Waals surface area (Å²) in [5.74, 6) is 0.514. The monoisotopic (exact) mass is 302 g/mol. The first-order chi connectivity index (χ1) is 10.8. The number of rotatable bonds is 5. The number of carbonyl (C=O) groups is 1. The molecule has 0 radical (unpaired) electrons. The molecule has 0 saturated heterocycles. The van der Waals surface area contributed by atoms with Gasteiger partial charge in [0.05, 0.1) is 0 Å². The van der Waals surface area contributed by atoms with Crippen LogP contribution in [-0.4, -0.2) is 18.2 Å². The summed E-state index contributed by atoms with van der Waals surface area (Å²) in [4.78, 5) is 11.8. The number of ether oxygens (including phenoxy) is 1. The van der Waals surface area contributed by atoms with Crippen LogP contribution < -0.4 is 10.2 Å². The number of nitrogens with zero attached hydrogens (tertiary/aromatic N) is 1. The normalized spacial score (nSPS) is 15.6. The molecule has 1 aliphatic carbocycles. The van der Waals surface area contributed by atoms with Crippen molar-refractivity contribution in [3.05, 3.63) is 29.8 Å². The molecule has 0 bridgehead atoms. The third kappa shape index (κ3) is 5.88. The predicted molar refractivity (Wildman–Crippen MR) is 89.2 cm³/mol. The molecule has 0 aliphatic heterocycles. The molecular formula is C18H26N2O2. The Morgan fingerprint density at radius 3 is 2.36 bits per heavy atom. The van der Waals surface area contributed by atoms with E-state index in [4.69, 9.17) is 4.74 Å². The number of amides is 1. The summed E-state index contributed by atoms with van der Waals surface area (Å²) < 4.78 is 5.47. The molecule has 1 amide bonds. The summed E-state index contributed by atoms with van der Waals surface area (Å²) in [5, 5.41) is 4.26. The van der Waals surface area contributed by atoms with Crippen molar-refractivity contribution in [3.63, 3.8) is 0 Å². The van der Waals surface area contributed by atoms with Gasteiger partial charge in [0.15, 0.2) is 6.61 Å². The quantitative estimate of drug-likeness (QED) is 0.840. The molecule has 1 fully saturated rings. The maximum absolute atomic E-state index is 11.8. The molecule has 1 aromatic carbocycles. The summed E-state index contributed by atoms with van der Waals surface area (Å²) >= 11 is 0. The van der Waals surface area contributed by atoms with E-state index in [9.17, 15) is 4.79 Å². The van der Waals surface area contributed by atoms with Gasteiger partial charge in [0.1, 0.15) is 5.75 Å². The smallest absolute Gasteiger partial charge is 0.277 e. The van der Waals surface area contributed by atoms with Crippen LogP contribution in [0.3, 0.4) is 0 Å². The Morgan fingerprint density at radius 2 is 1.73 bits per heavy atom. The van der Waals surface area contributed by atoms with Crippen LogP contribution in [0.15, 0.2) is 29.4 Å². The third-order valence-electron chi connectivity index (χ3n) is 3.97. The van der Waals surface area contributed by atoms with Crippen molar-refractivity contribution in [1.29, 1.82) is 0 Å². The molecule has 0 aromatic heterocycles. The van der Waals surface area contributed by atoms with E-state index in [1.165, 1.54) is 37.7 Å². The minimum Gasteiger partial charge on any atom is -0.484 e. The molecule has 4 heteroatoms. The van der Waals surface area contributed by atoms with Crippen LogP contribution in [0.4, 0.5) is 0 Å². The highest BCUT2D eigenvalue weighted by Gasteiger charge is 2.06. The van der Waals surface area contributed by atoms with Crippen LogP contribution in [-0.2, 0) is 11.2 Å². The second-order valence-corrected chi connectivity index (χ2v) is 5.77. The average molecular weight is 302 g/mol. The van der Waals surface area contributed by atoms with Gasteiger partial charge in [-0.25, -0.2) is 5.43 Å². The number of hydrogen-bond donors (Lipinski definition) is 1. The lowest BCUT2D eigenvalue weighted by molar-refractivity contribution is -0.123. The fourth-order valence-corrected chi connectivity index (χ4v) is 2.57. The second kappa shape index (κ2) is 9.23. The predicted octanol–water partition coefficient (Wildman–Crippen LogP) is 3.84. The van der Waals surface area contributed by atoms with E-state index in [0.29, 0.717) is 5.75 Å². The van der Waals surface area contributed by atoms with E-state index in [0.717, 1.165) is 25.0 Å². The van der Waals surface area contributed by atoms with Gasteiger partial charge in [-0.2, -0.15) is 5.10 Å². The Balaban J connectivity index is 1.74. The van der Waals surface area contributed by atoms with Gasteiger partial charge in [-0.05, 0) is 49.8 Å². The Hall–Kier alpha value is -1.84. The zero-order chi connectivity index (χ0) is 15.6. The molecular weight excluding hydrogens is 276 g/mol. The lowest BCUT2D eigenvalue weighted by Gasteiger charge is -2.11. The van der Waals surface area contributed by atoms with E-state index >= 15 is 0 Å². The van der Waals surface area contributed by atoms with Crippen molar-refractivity contribution < 1.29 is 9.53 Å². The summed E-state index contributed by atoms with van der Waals surface area (Å²) in [6, 6.07) is 7.82. The van der Waals surface area contributed by atoms with Crippen LogP contribution in [0.5, 0.6) is 5.75 Å². The number of aryl methyl sites for hydroxylation is 1. The van der Waals surface area contributed by atoms with Gasteiger partial charge in [-0.3, -0.25) is 4.79 Å². The lowest BCUT2D eigenvalue weighted by atomic mass is 9.99. The highest BCUT2D eigenvalue weighted by atomic mass is 16.5. The van der Waals surface area contributed by atoms with Crippen molar-refractivity contribution in [2.24, 2.45) is 5.10 Å². The zero-order valence-electron chi connectivity index (χ0n) is 13.4. The van der Waals surface area contributed by atoms with Crippen LogP contribution in [0.2, 0.25) is 0 Å². The number of carbonyl (C=O) groups excluding carboxylic acids is 1. The van der Waals surface area contributed by atoms with Crippen molar-refractivity contribution in [1.82, 2.24) is 5.43 Å². The average Bonchev–Trinajstić information content (AvgIpc) is 2.52. The Labute approximate surface area is 132 Å². The topological polar surface area (TPSA) is 50.7 Å². The third-order valence-corrected chi connectivity index (χ3v) is 3.97. The van der Waals surface area contributed by atoms with E-state index in [-0.39, 0.29) is 12.5 Å². The van der Waals surface area contributed by atoms with Crippen molar-refractivity contribution in [2.45, 2.75) is 58.3 Å². The minimum atomic E-state index is -0.200. The second-order valence-electron chi connectivity index (χ2n) is 5.77. The number of hydrogen-bond acceptors (Lipinski definition) is 3. The number of nitrogens with one attached hydrogen (secondary N) is 1. The summed E-state index contributed by atoms with van der Waals surface area (Å²) in [6.07, 6.45) is 9.21. The number of benzene rings is 1. The molecule has 0 heterocycles. The first kappa shape index (κ1) is 16.5. The highest BCUT2D eigenvalue weighted by Crippen LogP contribution is 2.15. The van der Waals surface area contributed by atoms with Gasteiger partial charge >= 0.3 is 0 Å². The summed E-state index contributed by atoms with van der Waals surface area (Å²) in [6.45, 7) is 2.11. The molecule has 120 valence electrons. The fraction of sp³-hybridized carbons (Fsp3) is 0.556. The van der Waals surface area contributed by atoms with Crippen LogP contribution in [0.1, 0.15) is 57.4 Å². The fourth-order valence-electron chi connectivity index (χ4n) is 2.57. The zero-order valence-corrected chi connectivity index (χ0v) is 13.4. The van der Waals surface area contributed by atoms with Crippen LogP contribution in [0, 0.1) is 0 Å². The summed E-state index contributed by atoms with van der Waals surface area (Å²) in [7, 11) is 0. The molecule has 4 nitrogen and oxygen atoms in total. The van der Waals surface area contributed by atoms with Gasteiger partial charge in [-0.1, -0.05) is 38.3 Å². The molecule has 1 aromatic rings. The van der Waals surface area contributed by atoms with Crippen molar-refractivity contribution >= 4 is 11.6 Å². The molecule has 2 rings (SSSR count). The van der Waals surface area contributed by atoms with E-state index in [2.05, 4.69) is 17.5 Å². The van der Waals surface area contributed by atoms with Gasteiger partial charge in [0.2, 0.25) is 0 Å². The molecule has 0 unspecified atom stereocenters. The lowest BCUT2D eigenvalue weighted by Crippen LogP contribution is -2.26. The van der Waals surface area contributed by atoms with Crippen LogP contribution in [0.25, 0.3) is 0 Å². The van der Waals surface area contributed by atoms with E-state index in [1.807, 2.05) is 24.3 Å². The largest absolute Gasteiger partial charge is 0.484 e.